The van der Waals surface area contributed by atoms with Crippen molar-refractivity contribution < 1.29 is 0 Å². The van der Waals surface area contributed by atoms with E-state index in [-0.39, 0.29) is 5.41 Å². The van der Waals surface area contributed by atoms with Crippen molar-refractivity contribution in [2.75, 3.05) is 0 Å². The first kappa shape index (κ1) is 15.5. The van der Waals surface area contributed by atoms with E-state index >= 15 is 0 Å². The lowest BCUT2D eigenvalue weighted by Crippen LogP contribution is -2.18. The number of nitrogens with zero attached hydrogens (tertiary/aromatic N) is 4. The second kappa shape index (κ2) is 6.02. The molecule has 0 atom stereocenters. The molecule has 0 saturated heterocycles. The van der Waals surface area contributed by atoms with Gasteiger partial charge in [-0.05, 0) is 23.9 Å². The number of hydrogen-bond acceptors (Lipinski definition) is 5. The number of halogens is 1. The van der Waals surface area contributed by atoms with Gasteiger partial charge in [-0.2, -0.15) is 0 Å². The second-order valence-electron chi connectivity index (χ2n) is 5.76. The molecule has 0 radical (unpaired) electrons. The van der Waals surface area contributed by atoms with Crippen LogP contribution >= 0.6 is 34.7 Å². The van der Waals surface area contributed by atoms with Crippen LogP contribution in [0.25, 0.3) is 5.69 Å². The molecule has 22 heavy (non-hydrogen) atoms. The summed E-state index contributed by atoms with van der Waals surface area (Å²) in [5.74, 6) is 0.920. The molecule has 0 unspecified atom stereocenters. The van der Waals surface area contributed by atoms with Crippen molar-refractivity contribution in [2.45, 2.75) is 35.7 Å². The third-order valence-electron chi connectivity index (χ3n) is 2.95. The summed E-state index contributed by atoms with van der Waals surface area (Å²) in [6.07, 6.45) is 1.66. The zero-order valence-electron chi connectivity index (χ0n) is 12.4. The molecule has 114 valence electrons. The van der Waals surface area contributed by atoms with E-state index in [0.717, 1.165) is 21.0 Å². The molecular weight excluding hydrogens is 336 g/mol. The van der Waals surface area contributed by atoms with E-state index in [1.807, 2.05) is 18.2 Å². The Hall–Kier alpha value is -1.37. The van der Waals surface area contributed by atoms with Gasteiger partial charge in [0.2, 0.25) is 5.16 Å². The Labute approximate surface area is 142 Å². The average Bonchev–Trinajstić information content (AvgIpc) is 3.06. The van der Waals surface area contributed by atoms with Gasteiger partial charge in [-0.25, -0.2) is 4.98 Å². The molecule has 0 aliphatic rings. The molecule has 0 N–H and O–H groups in total. The van der Waals surface area contributed by atoms with Crippen LogP contribution in [0.15, 0.2) is 46.0 Å². The molecule has 0 amide bonds. The lowest BCUT2D eigenvalue weighted by atomic mass is 9.95. The lowest BCUT2D eigenvalue weighted by molar-refractivity contribution is 0.529. The topological polar surface area (TPSA) is 43.6 Å². The Kier molecular flexibility index (Phi) is 4.25. The van der Waals surface area contributed by atoms with Gasteiger partial charge in [0.05, 0.1) is 6.20 Å². The van der Waals surface area contributed by atoms with Crippen LogP contribution < -0.4 is 0 Å². The first-order chi connectivity index (χ1) is 10.4. The number of aromatic nitrogens is 4. The Morgan fingerprint density at radius 3 is 2.45 bits per heavy atom. The quantitative estimate of drug-likeness (QED) is 0.678. The van der Waals surface area contributed by atoms with E-state index in [2.05, 4.69) is 52.7 Å². The monoisotopic (exact) mass is 350 g/mol. The van der Waals surface area contributed by atoms with Gasteiger partial charge in [0.1, 0.15) is 10.2 Å². The molecule has 0 aliphatic heterocycles. The standard InChI is InChI=1S/C15H15ClN4S2/c1-15(2,3)12-18-19-13(22-14-17-9-11(16)21-14)20(12)10-7-5-4-6-8-10/h4-9H,1-3H3. The van der Waals surface area contributed by atoms with Crippen LogP contribution in [0.2, 0.25) is 4.34 Å². The fraction of sp³-hybridized carbons (Fsp3) is 0.267. The van der Waals surface area contributed by atoms with Gasteiger partial charge >= 0.3 is 0 Å². The lowest BCUT2D eigenvalue weighted by Gasteiger charge is -2.19. The van der Waals surface area contributed by atoms with Gasteiger partial charge in [-0.3, -0.25) is 4.57 Å². The van der Waals surface area contributed by atoms with E-state index in [4.69, 9.17) is 11.6 Å². The van der Waals surface area contributed by atoms with E-state index in [1.165, 1.54) is 23.1 Å². The minimum Gasteiger partial charge on any atom is -0.273 e. The molecule has 7 heteroatoms. The van der Waals surface area contributed by atoms with Crippen LogP contribution in [0, 0.1) is 0 Å². The highest BCUT2D eigenvalue weighted by molar-refractivity contribution is 8.00. The zero-order chi connectivity index (χ0) is 15.7. The van der Waals surface area contributed by atoms with Crippen LogP contribution in [0.4, 0.5) is 0 Å². The minimum atomic E-state index is -0.109. The highest BCUT2D eigenvalue weighted by atomic mass is 35.5. The molecule has 1 aromatic carbocycles. The summed E-state index contributed by atoms with van der Waals surface area (Å²) >= 11 is 8.88. The fourth-order valence-electron chi connectivity index (χ4n) is 2.00. The number of para-hydroxylation sites is 1. The van der Waals surface area contributed by atoms with Gasteiger partial charge in [0, 0.05) is 11.1 Å². The van der Waals surface area contributed by atoms with Gasteiger partial charge in [0.15, 0.2) is 4.34 Å². The molecule has 0 fully saturated rings. The largest absolute Gasteiger partial charge is 0.273 e. The van der Waals surface area contributed by atoms with Crippen LogP contribution in [-0.4, -0.2) is 19.7 Å². The summed E-state index contributed by atoms with van der Waals surface area (Å²) in [5, 5.41) is 9.56. The molecule has 3 aromatic rings. The fourth-order valence-corrected chi connectivity index (χ4v) is 4.07. The van der Waals surface area contributed by atoms with Gasteiger partial charge < -0.3 is 0 Å². The summed E-state index contributed by atoms with van der Waals surface area (Å²) in [7, 11) is 0. The number of hydrogen-bond donors (Lipinski definition) is 0. The SMILES string of the molecule is CC(C)(C)c1nnc(Sc2ncc(Cl)s2)n1-c1ccccc1. The van der Waals surface area contributed by atoms with Crippen molar-refractivity contribution in [3.63, 3.8) is 0 Å². The predicted molar refractivity (Wildman–Crippen MR) is 91.3 cm³/mol. The molecule has 3 rings (SSSR count). The maximum absolute atomic E-state index is 5.96. The minimum absolute atomic E-state index is 0.109. The summed E-state index contributed by atoms with van der Waals surface area (Å²) in [5.41, 5.74) is 0.935. The zero-order valence-corrected chi connectivity index (χ0v) is 14.8. The Morgan fingerprint density at radius 2 is 1.86 bits per heavy atom. The van der Waals surface area contributed by atoms with E-state index in [9.17, 15) is 0 Å². The maximum Gasteiger partial charge on any atom is 0.202 e. The first-order valence-electron chi connectivity index (χ1n) is 6.75. The summed E-state index contributed by atoms with van der Waals surface area (Å²) in [4.78, 5) is 4.29. The van der Waals surface area contributed by atoms with Crippen molar-refractivity contribution in [2.24, 2.45) is 0 Å². The van der Waals surface area contributed by atoms with E-state index in [0.29, 0.717) is 4.34 Å². The molecule has 0 bridgehead atoms. The van der Waals surface area contributed by atoms with E-state index in [1.54, 1.807) is 6.20 Å². The van der Waals surface area contributed by atoms with Crippen molar-refractivity contribution in [1.82, 2.24) is 19.7 Å². The highest BCUT2D eigenvalue weighted by Crippen LogP contribution is 2.35. The second-order valence-corrected chi connectivity index (χ2v) is 8.64. The van der Waals surface area contributed by atoms with Crippen molar-refractivity contribution in [3.8, 4) is 5.69 Å². The maximum atomic E-state index is 5.96. The Balaban J connectivity index is 2.09. The van der Waals surface area contributed by atoms with Gasteiger partial charge in [-0.15, -0.1) is 10.2 Å². The molecular formula is C15H15ClN4S2. The van der Waals surface area contributed by atoms with Crippen LogP contribution in [-0.2, 0) is 5.41 Å². The summed E-state index contributed by atoms with van der Waals surface area (Å²) < 4.78 is 3.61. The van der Waals surface area contributed by atoms with Crippen LogP contribution in [0.5, 0.6) is 0 Å². The average molecular weight is 351 g/mol. The van der Waals surface area contributed by atoms with Crippen LogP contribution in [0.1, 0.15) is 26.6 Å². The van der Waals surface area contributed by atoms with Crippen LogP contribution in [0.3, 0.4) is 0 Å². The van der Waals surface area contributed by atoms with Gasteiger partial charge in [0.25, 0.3) is 0 Å². The molecule has 2 heterocycles. The summed E-state index contributed by atoms with van der Waals surface area (Å²) in [6.45, 7) is 6.39. The molecule has 4 nitrogen and oxygen atoms in total. The number of thiazole rings is 1. The van der Waals surface area contributed by atoms with Gasteiger partial charge in [-0.1, -0.05) is 61.9 Å². The van der Waals surface area contributed by atoms with Crippen molar-refractivity contribution >= 4 is 34.7 Å². The smallest absolute Gasteiger partial charge is 0.202 e. The molecule has 2 aromatic heterocycles. The number of benzene rings is 1. The normalized spacial score (nSPS) is 11.8. The third kappa shape index (κ3) is 3.19. The third-order valence-corrected chi connectivity index (χ3v) is 5.09. The van der Waals surface area contributed by atoms with Crippen molar-refractivity contribution in [1.29, 1.82) is 0 Å². The summed E-state index contributed by atoms with van der Waals surface area (Å²) in [6, 6.07) is 10.1. The first-order valence-corrected chi connectivity index (χ1v) is 8.77. The predicted octanol–water partition coefficient (Wildman–Crippen LogP) is 4.83. The highest BCUT2D eigenvalue weighted by Gasteiger charge is 2.25. The molecule has 0 saturated carbocycles. The van der Waals surface area contributed by atoms with Crippen molar-refractivity contribution in [3.05, 3.63) is 46.7 Å². The molecule has 0 aliphatic carbocycles. The molecule has 0 spiro atoms. The van der Waals surface area contributed by atoms with E-state index < -0.39 is 0 Å². The number of rotatable bonds is 3. The Bertz CT molecular complexity index is 774. The Morgan fingerprint density at radius 1 is 1.14 bits per heavy atom.